The van der Waals surface area contributed by atoms with Crippen molar-refractivity contribution in [2.24, 2.45) is 0 Å². The van der Waals surface area contributed by atoms with Crippen LogP contribution in [-0.4, -0.2) is 24.5 Å². The maximum absolute atomic E-state index is 11.8. The van der Waals surface area contributed by atoms with E-state index in [0.717, 1.165) is 11.3 Å². The van der Waals surface area contributed by atoms with Crippen LogP contribution in [0.4, 0.5) is 5.69 Å². The van der Waals surface area contributed by atoms with E-state index in [-0.39, 0.29) is 11.6 Å². The van der Waals surface area contributed by atoms with Gasteiger partial charge in [0.25, 0.3) is 5.69 Å². The third-order valence-corrected chi connectivity index (χ3v) is 3.38. The first-order valence-corrected chi connectivity index (χ1v) is 7.42. The number of nitro benzene ring substituents is 1. The Hall–Kier alpha value is -3.15. The molecule has 6 heteroatoms. The minimum Gasteiger partial charge on any atom is -0.497 e. The van der Waals surface area contributed by atoms with Gasteiger partial charge in [-0.25, -0.2) is 0 Å². The molecule has 0 unspecified atom stereocenters. The number of benzene rings is 2. The number of methoxy groups -OCH3 is 1. The van der Waals surface area contributed by atoms with Crippen molar-refractivity contribution >= 4 is 17.7 Å². The van der Waals surface area contributed by atoms with Crippen molar-refractivity contribution in [1.82, 2.24) is 5.32 Å². The molecule has 2 aromatic carbocycles. The van der Waals surface area contributed by atoms with Crippen LogP contribution in [-0.2, 0) is 11.2 Å². The monoisotopic (exact) mass is 326 g/mol. The van der Waals surface area contributed by atoms with Crippen LogP contribution in [0.1, 0.15) is 11.1 Å². The Morgan fingerprint density at radius 2 is 2.00 bits per heavy atom. The summed E-state index contributed by atoms with van der Waals surface area (Å²) in [5.74, 6) is 0.553. The molecule has 0 radical (unpaired) electrons. The summed E-state index contributed by atoms with van der Waals surface area (Å²) in [7, 11) is 1.61. The van der Waals surface area contributed by atoms with Crippen LogP contribution in [0.5, 0.6) is 5.75 Å². The standard InChI is InChI=1S/C18H18N2O4/c1-24-17-8-5-14(6-9-17)11-12-19-18(21)10-7-15-3-2-4-16(13-15)20(22)23/h2-10,13H,11-12H2,1H3,(H,19,21)/b10-7+. The fourth-order valence-corrected chi connectivity index (χ4v) is 2.10. The van der Waals surface area contributed by atoms with Crippen LogP contribution in [0.2, 0.25) is 0 Å². The van der Waals surface area contributed by atoms with Gasteiger partial charge in [0, 0.05) is 24.8 Å². The van der Waals surface area contributed by atoms with Crippen LogP contribution < -0.4 is 10.1 Å². The second-order valence-corrected chi connectivity index (χ2v) is 5.07. The first-order valence-electron chi connectivity index (χ1n) is 7.42. The molecule has 0 fully saturated rings. The molecule has 0 aliphatic heterocycles. The second kappa shape index (κ2) is 8.47. The van der Waals surface area contributed by atoms with E-state index in [1.807, 2.05) is 24.3 Å². The lowest BCUT2D eigenvalue weighted by molar-refractivity contribution is -0.384. The molecule has 0 aliphatic carbocycles. The number of rotatable bonds is 7. The molecule has 0 spiro atoms. The number of carbonyl (C=O) groups is 1. The number of nitrogens with one attached hydrogen (secondary N) is 1. The summed E-state index contributed by atoms with van der Waals surface area (Å²) < 4.78 is 5.09. The summed E-state index contributed by atoms with van der Waals surface area (Å²) in [5, 5.41) is 13.5. The van der Waals surface area contributed by atoms with Crippen molar-refractivity contribution in [3.05, 3.63) is 75.8 Å². The number of non-ortho nitro benzene ring substituents is 1. The van der Waals surface area contributed by atoms with Crippen molar-refractivity contribution in [2.45, 2.75) is 6.42 Å². The molecule has 0 saturated heterocycles. The van der Waals surface area contributed by atoms with Crippen LogP contribution in [0.25, 0.3) is 6.08 Å². The molecule has 6 nitrogen and oxygen atoms in total. The zero-order chi connectivity index (χ0) is 17.4. The average molecular weight is 326 g/mol. The van der Waals surface area contributed by atoms with Crippen molar-refractivity contribution in [3.8, 4) is 5.75 Å². The van der Waals surface area contributed by atoms with Gasteiger partial charge in [0.2, 0.25) is 5.91 Å². The lowest BCUT2D eigenvalue weighted by atomic mass is 10.1. The van der Waals surface area contributed by atoms with Gasteiger partial charge in [-0.3, -0.25) is 14.9 Å². The van der Waals surface area contributed by atoms with Gasteiger partial charge < -0.3 is 10.1 Å². The Bertz CT molecular complexity index is 739. The average Bonchev–Trinajstić information content (AvgIpc) is 2.61. The van der Waals surface area contributed by atoms with Crippen molar-refractivity contribution in [2.75, 3.05) is 13.7 Å². The Labute approximate surface area is 139 Å². The van der Waals surface area contributed by atoms with Crippen molar-refractivity contribution in [3.63, 3.8) is 0 Å². The van der Waals surface area contributed by atoms with Gasteiger partial charge in [-0.05, 0) is 35.8 Å². The molecule has 0 saturated carbocycles. The Kier molecular flexibility index (Phi) is 6.08. The molecule has 0 aliphatic rings. The first-order chi connectivity index (χ1) is 11.6. The molecule has 24 heavy (non-hydrogen) atoms. The molecule has 1 N–H and O–H groups in total. The van der Waals surface area contributed by atoms with Gasteiger partial charge in [0.05, 0.1) is 12.0 Å². The normalized spacial score (nSPS) is 10.5. The summed E-state index contributed by atoms with van der Waals surface area (Å²) >= 11 is 0. The van der Waals surface area contributed by atoms with E-state index in [1.165, 1.54) is 18.2 Å². The third-order valence-electron chi connectivity index (χ3n) is 3.38. The van der Waals surface area contributed by atoms with E-state index in [9.17, 15) is 14.9 Å². The van der Waals surface area contributed by atoms with Gasteiger partial charge in [-0.2, -0.15) is 0 Å². The molecule has 0 atom stereocenters. The maximum Gasteiger partial charge on any atom is 0.270 e. The molecule has 124 valence electrons. The second-order valence-electron chi connectivity index (χ2n) is 5.07. The summed E-state index contributed by atoms with van der Waals surface area (Å²) in [4.78, 5) is 22.0. The molecule has 1 amide bonds. The number of nitrogens with zero attached hydrogens (tertiary/aromatic N) is 1. The molecular formula is C18H18N2O4. The summed E-state index contributed by atoms with van der Waals surface area (Å²) in [6.45, 7) is 0.504. The number of ether oxygens (including phenoxy) is 1. The SMILES string of the molecule is COc1ccc(CCNC(=O)/C=C/c2cccc([N+](=O)[O-])c2)cc1. The molecule has 2 rings (SSSR count). The zero-order valence-corrected chi connectivity index (χ0v) is 13.3. The molecule has 0 bridgehead atoms. The fourth-order valence-electron chi connectivity index (χ4n) is 2.10. The van der Waals surface area contributed by atoms with Crippen LogP contribution in [0.15, 0.2) is 54.6 Å². The first kappa shape index (κ1) is 17.2. The molecule has 0 aromatic heterocycles. The predicted octanol–water partition coefficient (Wildman–Crippen LogP) is 2.98. The number of hydrogen-bond donors (Lipinski definition) is 1. The number of amides is 1. The number of nitro groups is 1. The summed E-state index contributed by atoms with van der Waals surface area (Å²) in [5.41, 5.74) is 1.70. The van der Waals surface area contributed by atoms with Gasteiger partial charge in [-0.15, -0.1) is 0 Å². The van der Waals surface area contributed by atoms with E-state index in [4.69, 9.17) is 4.74 Å². The minimum atomic E-state index is -0.466. The molecular weight excluding hydrogens is 308 g/mol. The van der Waals surface area contributed by atoms with Crippen LogP contribution in [0, 0.1) is 10.1 Å². The topological polar surface area (TPSA) is 81.5 Å². The lowest BCUT2D eigenvalue weighted by Gasteiger charge is -2.04. The maximum atomic E-state index is 11.8. The quantitative estimate of drug-likeness (QED) is 0.482. The van der Waals surface area contributed by atoms with E-state index in [2.05, 4.69) is 5.32 Å². The van der Waals surface area contributed by atoms with Crippen molar-refractivity contribution in [1.29, 1.82) is 0 Å². The van der Waals surface area contributed by atoms with Gasteiger partial charge in [-0.1, -0.05) is 24.3 Å². The highest BCUT2D eigenvalue weighted by Gasteiger charge is 2.04. The molecule has 0 heterocycles. The fraction of sp³-hybridized carbons (Fsp3) is 0.167. The van der Waals surface area contributed by atoms with E-state index < -0.39 is 4.92 Å². The highest BCUT2D eigenvalue weighted by Crippen LogP contribution is 2.14. The Morgan fingerprint density at radius 3 is 2.67 bits per heavy atom. The highest BCUT2D eigenvalue weighted by molar-refractivity contribution is 5.91. The van der Waals surface area contributed by atoms with Gasteiger partial charge in [0.15, 0.2) is 0 Å². The Balaban J connectivity index is 1.82. The third kappa shape index (κ3) is 5.24. The summed E-state index contributed by atoms with van der Waals surface area (Å²) in [6.07, 6.45) is 3.63. The zero-order valence-electron chi connectivity index (χ0n) is 13.3. The van der Waals surface area contributed by atoms with Gasteiger partial charge in [0.1, 0.15) is 5.75 Å². The van der Waals surface area contributed by atoms with E-state index in [1.54, 1.807) is 25.3 Å². The van der Waals surface area contributed by atoms with Crippen LogP contribution in [0.3, 0.4) is 0 Å². The van der Waals surface area contributed by atoms with E-state index in [0.29, 0.717) is 18.5 Å². The smallest absolute Gasteiger partial charge is 0.270 e. The highest BCUT2D eigenvalue weighted by atomic mass is 16.6. The largest absolute Gasteiger partial charge is 0.497 e. The predicted molar refractivity (Wildman–Crippen MR) is 91.8 cm³/mol. The lowest BCUT2D eigenvalue weighted by Crippen LogP contribution is -2.23. The van der Waals surface area contributed by atoms with Crippen LogP contribution >= 0.6 is 0 Å². The van der Waals surface area contributed by atoms with Gasteiger partial charge >= 0.3 is 0 Å². The Morgan fingerprint density at radius 1 is 1.25 bits per heavy atom. The molecule has 2 aromatic rings. The number of carbonyl (C=O) groups excluding carboxylic acids is 1. The number of hydrogen-bond acceptors (Lipinski definition) is 4. The van der Waals surface area contributed by atoms with Crippen molar-refractivity contribution < 1.29 is 14.5 Å². The van der Waals surface area contributed by atoms with E-state index >= 15 is 0 Å². The minimum absolute atomic E-state index is 0.00272. The summed E-state index contributed by atoms with van der Waals surface area (Å²) in [6, 6.07) is 13.8.